The molecule has 10 heteroatoms. The Bertz CT molecular complexity index is 708. The molecule has 29 heavy (non-hydrogen) atoms. The number of carbonyl (C=O) groups is 1. The van der Waals surface area contributed by atoms with Crippen molar-refractivity contribution in [1.82, 2.24) is 15.3 Å². The number of nitrogens with two attached hydrogens (primary N) is 1. The molecule has 1 saturated heterocycles. The summed E-state index contributed by atoms with van der Waals surface area (Å²) in [5.41, 5.74) is 6.47. The van der Waals surface area contributed by atoms with Gasteiger partial charge in [-0.1, -0.05) is 13.8 Å². The highest BCUT2D eigenvalue weighted by molar-refractivity contribution is 5.85. The summed E-state index contributed by atoms with van der Waals surface area (Å²) in [7, 11) is 0. The maximum atomic E-state index is 12.5. The number of hydrogen-bond acceptors (Lipinski definition) is 6. The number of H-pyrrole nitrogens is 1. The number of halogens is 2. The number of aromatic amines is 1. The summed E-state index contributed by atoms with van der Waals surface area (Å²) in [5.74, 6) is 0.905. The largest absolute Gasteiger partial charge is 0.378 e. The van der Waals surface area contributed by atoms with Crippen LogP contribution in [0.25, 0.3) is 0 Å². The zero-order valence-corrected chi connectivity index (χ0v) is 19.4. The van der Waals surface area contributed by atoms with Gasteiger partial charge in [-0.25, -0.2) is 4.98 Å². The highest BCUT2D eigenvalue weighted by Gasteiger charge is 2.26. The van der Waals surface area contributed by atoms with E-state index in [0.29, 0.717) is 62.4 Å². The van der Waals surface area contributed by atoms with Crippen LogP contribution in [0.5, 0.6) is 0 Å². The van der Waals surface area contributed by atoms with Crippen LogP contribution in [0.1, 0.15) is 44.9 Å². The van der Waals surface area contributed by atoms with Crippen molar-refractivity contribution in [3.05, 3.63) is 21.6 Å². The van der Waals surface area contributed by atoms with E-state index in [9.17, 15) is 9.59 Å². The lowest BCUT2D eigenvalue weighted by Gasteiger charge is -2.31. The molecule has 0 aliphatic carbocycles. The standard InChI is InChI=1S/C19H33N5O3.2ClH/c1-13(2)11-19(4,12-20)23-16(25)6-5-15-14(3)21-18(22-17(15)26)24-7-9-27-10-8-24;;/h13H,5-12,20H2,1-4H3,(H,23,25)(H,21,22,26);2*1H. The van der Waals surface area contributed by atoms with Crippen molar-refractivity contribution in [3.8, 4) is 0 Å². The molecule has 168 valence electrons. The van der Waals surface area contributed by atoms with Gasteiger partial charge in [0.25, 0.3) is 5.56 Å². The first kappa shape index (κ1) is 27.6. The smallest absolute Gasteiger partial charge is 0.255 e. The van der Waals surface area contributed by atoms with Crippen LogP contribution in [0.4, 0.5) is 5.95 Å². The van der Waals surface area contributed by atoms with Crippen LogP contribution in [0.2, 0.25) is 0 Å². The highest BCUT2D eigenvalue weighted by atomic mass is 35.5. The third-order valence-electron chi connectivity index (χ3n) is 4.87. The molecule has 1 aliphatic rings. The Hall–Kier alpha value is -1.35. The van der Waals surface area contributed by atoms with Crippen molar-refractivity contribution in [2.24, 2.45) is 11.7 Å². The van der Waals surface area contributed by atoms with E-state index >= 15 is 0 Å². The van der Waals surface area contributed by atoms with Crippen LogP contribution in [-0.2, 0) is 16.0 Å². The minimum atomic E-state index is -0.425. The molecule has 1 atom stereocenters. The van der Waals surface area contributed by atoms with Crippen molar-refractivity contribution < 1.29 is 9.53 Å². The Morgan fingerprint density at radius 3 is 2.48 bits per heavy atom. The third kappa shape index (κ3) is 8.12. The van der Waals surface area contributed by atoms with Crippen LogP contribution in [-0.4, -0.2) is 54.3 Å². The highest BCUT2D eigenvalue weighted by Crippen LogP contribution is 2.16. The number of aryl methyl sites for hydroxylation is 1. The van der Waals surface area contributed by atoms with Gasteiger partial charge in [0.1, 0.15) is 0 Å². The molecule has 8 nitrogen and oxygen atoms in total. The minimum Gasteiger partial charge on any atom is -0.378 e. The van der Waals surface area contributed by atoms with E-state index in [1.807, 2.05) is 18.7 Å². The van der Waals surface area contributed by atoms with E-state index in [4.69, 9.17) is 10.5 Å². The van der Waals surface area contributed by atoms with Crippen LogP contribution in [0.15, 0.2) is 4.79 Å². The van der Waals surface area contributed by atoms with Crippen molar-refractivity contribution in [1.29, 1.82) is 0 Å². The van der Waals surface area contributed by atoms with E-state index in [0.717, 1.165) is 6.42 Å². The second-order valence-corrected chi connectivity index (χ2v) is 7.96. The Morgan fingerprint density at radius 2 is 1.97 bits per heavy atom. The number of ether oxygens (including phenoxy) is 1. The van der Waals surface area contributed by atoms with Gasteiger partial charge >= 0.3 is 0 Å². The summed E-state index contributed by atoms with van der Waals surface area (Å²) < 4.78 is 5.33. The molecule has 1 aromatic rings. The second kappa shape index (κ2) is 12.4. The van der Waals surface area contributed by atoms with Gasteiger partial charge in [0, 0.05) is 42.9 Å². The number of hydrogen-bond donors (Lipinski definition) is 3. The molecule has 0 saturated carbocycles. The molecule has 1 unspecified atom stereocenters. The summed E-state index contributed by atoms with van der Waals surface area (Å²) in [6.07, 6.45) is 1.40. The zero-order valence-electron chi connectivity index (χ0n) is 17.7. The molecule has 2 heterocycles. The Balaban J connectivity index is 0.00000392. The van der Waals surface area contributed by atoms with E-state index in [1.54, 1.807) is 0 Å². The van der Waals surface area contributed by atoms with Crippen molar-refractivity contribution >= 4 is 36.7 Å². The summed E-state index contributed by atoms with van der Waals surface area (Å²) in [6, 6.07) is 0. The SMILES string of the molecule is Cc1nc(N2CCOCC2)[nH]c(=O)c1CCC(=O)NC(C)(CN)CC(C)C.Cl.Cl. The van der Waals surface area contributed by atoms with E-state index < -0.39 is 5.54 Å². The van der Waals surface area contributed by atoms with Gasteiger partial charge in [0.05, 0.1) is 13.2 Å². The molecule has 0 aromatic carbocycles. The lowest BCUT2D eigenvalue weighted by molar-refractivity contribution is -0.122. The molecule has 0 bridgehead atoms. The number of rotatable bonds is 8. The normalized spacial score (nSPS) is 15.9. The van der Waals surface area contributed by atoms with Gasteiger partial charge in [-0.05, 0) is 32.6 Å². The number of nitrogens with one attached hydrogen (secondary N) is 2. The molecular formula is C19H35Cl2N5O3. The van der Waals surface area contributed by atoms with Crippen LogP contribution in [0.3, 0.4) is 0 Å². The maximum absolute atomic E-state index is 12.5. The average molecular weight is 452 g/mol. The summed E-state index contributed by atoms with van der Waals surface area (Å²) in [6.45, 7) is 11.0. The fourth-order valence-corrected chi connectivity index (χ4v) is 3.54. The number of morpholine rings is 1. The average Bonchev–Trinajstić information content (AvgIpc) is 2.60. The lowest BCUT2D eigenvalue weighted by Crippen LogP contribution is -2.52. The van der Waals surface area contributed by atoms with Crippen LogP contribution >= 0.6 is 24.8 Å². The van der Waals surface area contributed by atoms with Crippen molar-refractivity contribution in [2.75, 3.05) is 37.7 Å². The monoisotopic (exact) mass is 451 g/mol. The topological polar surface area (TPSA) is 113 Å². The maximum Gasteiger partial charge on any atom is 0.255 e. The van der Waals surface area contributed by atoms with Crippen molar-refractivity contribution in [3.63, 3.8) is 0 Å². The molecule has 1 aromatic heterocycles. The fraction of sp³-hybridized carbons (Fsp3) is 0.737. The lowest BCUT2D eigenvalue weighted by atomic mass is 9.90. The molecule has 0 radical (unpaired) electrons. The molecule has 2 rings (SSSR count). The predicted molar refractivity (Wildman–Crippen MR) is 121 cm³/mol. The van der Waals surface area contributed by atoms with Gasteiger partial charge in [-0.15, -0.1) is 24.8 Å². The fourth-order valence-electron chi connectivity index (χ4n) is 3.54. The number of carbonyl (C=O) groups excluding carboxylic acids is 1. The summed E-state index contributed by atoms with van der Waals surface area (Å²) >= 11 is 0. The van der Waals surface area contributed by atoms with E-state index in [2.05, 4.69) is 29.1 Å². The minimum absolute atomic E-state index is 0. The van der Waals surface area contributed by atoms with Gasteiger partial charge in [-0.3, -0.25) is 14.6 Å². The van der Waals surface area contributed by atoms with Gasteiger partial charge in [0.2, 0.25) is 11.9 Å². The molecule has 1 fully saturated rings. The Labute approximate surface area is 185 Å². The van der Waals surface area contributed by atoms with Gasteiger partial charge in [-0.2, -0.15) is 0 Å². The zero-order chi connectivity index (χ0) is 20.0. The predicted octanol–water partition coefficient (Wildman–Crippen LogP) is 1.57. The van der Waals surface area contributed by atoms with Crippen LogP contribution in [0, 0.1) is 12.8 Å². The number of amides is 1. The van der Waals surface area contributed by atoms with E-state index in [1.165, 1.54) is 0 Å². The quantitative estimate of drug-likeness (QED) is 0.552. The molecule has 0 spiro atoms. The molecular weight excluding hydrogens is 417 g/mol. The van der Waals surface area contributed by atoms with Crippen molar-refractivity contribution in [2.45, 2.75) is 52.5 Å². The molecule has 4 N–H and O–H groups in total. The van der Waals surface area contributed by atoms with Gasteiger partial charge < -0.3 is 20.7 Å². The first-order valence-corrected chi connectivity index (χ1v) is 9.67. The summed E-state index contributed by atoms with van der Waals surface area (Å²) in [4.78, 5) is 34.3. The van der Waals surface area contributed by atoms with Gasteiger partial charge in [0.15, 0.2) is 0 Å². The summed E-state index contributed by atoms with van der Waals surface area (Å²) in [5, 5.41) is 3.03. The number of aromatic nitrogens is 2. The number of anilines is 1. The molecule has 1 amide bonds. The molecule has 1 aliphatic heterocycles. The first-order chi connectivity index (χ1) is 12.7. The van der Waals surface area contributed by atoms with Crippen LogP contribution < -0.4 is 21.5 Å². The Kier molecular flexibility index (Phi) is 11.8. The number of nitrogens with zero attached hydrogens (tertiary/aromatic N) is 2. The van der Waals surface area contributed by atoms with E-state index in [-0.39, 0.29) is 42.7 Å². The Morgan fingerprint density at radius 1 is 1.34 bits per heavy atom. The third-order valence-corrected chi connectivity index (χ3v) is 4.87. The first-order valence-electron chi connectivity index (χ1n) is 9.67. The second-order valence-electron chi connectivity index (χ2n) is 7.96.